The molecule has 0 aromatic carbocycles. The number of aliphatic hydroxyl groups is 6. The van der Waals surface area contributed by atoms with Gasteiger partial charge in [-0.25, -0.2) is 4.57 Å². The first-order valence-corrected chi connectivity index (χ1v) is 29.1. The van der Waals surface area contributed by atoms with Crippen molar-refractivity contribution in [2.45, 2.75) is 313 Å². The molecule has 0 spiro atoms. The molecule has 0 aliphatic heterocycles. The Balaban J connectivity index is 2.22. The largest absolute Gasteiger partial charge is 0.472 e. The lowest BCUT2D eigenvalue weighted by molar-refractivity contribution is -0.220. The van der Waals surface area contributed by atoms with Crippen molar-refractivity contribution in [1.82, 2.24) is 5.32 Å². The van der Waals surface area contributed by atoms with Crippen LogP contribution in [0.15, 0.2) is 12.2 Å². The molecule has 0 aromatic rings. The molecule has 1 amide bonds. The third-order valence-electron chi connectivity index (χ3n) is 13.6. The van der Waals surface area contributed by atoms with Crippen molar-refractivity contribution >= 4 is 13.7 Å². The predicted octanol–water partition coefficient (Wildman–Crippen LogP) is 12.0. The Morgan fingerprint density at radius 1 is 0.500 bits per heavy atom. The minimum Gasteiger partial charge on any atom is -0.387 e. The van der Waals surface area contributed by atoms with Crippen LogP contribution in [-0.4, -0.2) is 96.8 Å². The second-order valence-electron chi connectivity index (χ2n) is 19.8. The summed E-state index contributed by atoms with van der Waals surface area (Å²) in [6.45, 7) is 3.84. The van der Waals surface area contributed by atoms with Crippen LogP contribution in [-0.2, 0) is 18.4 Å². The van der Waals surface area contributed by atoms with Crippen LogP contribution in [0, 0.1) is 0 Å². The van der Waals surface area contributed by atoms with Crippen LogP contribution < -0.4 is 5.32 Å². The average Bonchev–Trinajstić information content (AvgIpc) is 3.30. The summed E-state index contributed by atoms with van der Waals surface area (Å²) >= 11 is 0. The number of hydrogen-bond donors (Lipinski definition) is 8. The van der Waals surface area contributed by atoms with Crippen molar-refractivity contribution < 1.29 is 53.9 Å². The lowest BCUT2D eigenvalue weighted by Crippen LogP contribution is -2.64. The van der Waals surface area contributed by atoms with E-state index in [1.807, 2.05) is 6.08 Å². The molecule has 66 heavy (non-hydrogen) atoms. The lowest BCUT2D eigenvalue weighted by Gasteiger charge is -2.41. The molecular weight excluding hydrogens is 858 g/mol. The standard InChI is InChI=1S/C53H104NO11P/c1-3-5-7-9-11-13-15-16-17-18-19-20-21-22-23-24-25-26-27-28-29-30-31-32-33-35-37-39-41-43-47(56)54-45(46(55)42-40-38-36-34-14-12-10-8-6-4-2)44-64-66(62,63)65-53-51(60)49(58)48(57)50(59)52(53)61/h40,42,45-46,48-53,55,57-61H,3-39,41,43-44H2,1-2H3,(H,54,56)(H,62,63)/b42-40+/t45-,46+,48?,49+,50?,51?,52?,53?/m0/s1. The highest BCUT2D eigenvalue weighted by Crippen LogP contribution is 2.47. The molecule has 1 fully saturated rings. The van der Waals surface area contributed by atoms with Gasteiger partial charge in [0.05, 0.1) is 18.8 Å². The Kier molecular flexibility index (Phi) is 41.0. The highest BCUT2D eigenvalue weighted by atomic mass is 31.2. The number of unbranched alkanes of at least 4 members (excludes halogenated alkanes) is 36. The van der Waals surface area contributed by atoms with E-state index in [0.29, 0.717) is 6.42 Å². The number of amides is 1. The van der Waals surface area contributed by atoms with Crippen LogP contribution in [0.3, 0.4) is 0 Å². The summed E-state index contributed by atoms with van der Waals surface area (Å²) in [4.78, 5) is 23.4. The van der Waals surface area contributed by atoms with Crippen LogP contribution >= 0.6 is 7.82 Å². The molecule has 0 aromatic heterocycles. The first-order chi connectivity index (χ1) is 31.9. The summed E-state index contributed by atoms with van der Waals surface area (Å²) < 4.78 is 22.9. The first kappa shape index (κ1) is 63.1. The van der Waals surface area contributed by atoms with Gasteiger partial charge in [0.2, 0.25) is 5.91 Å². The van der Waals surface area contributed by atoms with E-state index < -0.39 is 63.2 Å². The fourth-order valence-corrected chi connectivity index (χ4v) is 10.0. The lowest BCUT2D eigenvalue weighted by atomic mass is 9.85. The monoisotopic (exact) mass is 962 g/mol. The number of rotatable bonds is 47. The highest BCUT2D eigenvalue weighted by molar-refractivity contribution is 7.47. The van der Waals surface area contributed by atoms with Crippen molar-refractivity contribution in [2.75, 3.05) is 6.61 Å². The summed E-state index contributed by atoms with van der Waals surface area (Å²) in [6, 6.07) is -1.11. The topological polar surface area (TPSA) is 206 Å². The van der Waals surface area contributed by atoms with Crippen LogP contribution in [0.1, 0.15) is 264 Å². The van der Waals surface area contributed by atoms with Crippen molar-refractivity contribution in [3.05, 3.63) is 12.2 Å². The normalized spacial score (nSPS) is 21.9. The molecule has 9 atom stereocenters. The predicted molar refractivity (Wildman–Crippen MR) is 269 cm³/mol. The molecule has 0 radical (unpaired) electrons. The maximum absolute atomic E-state index is 13.0. The Bertz CT molecular complexity index is 1160. The molecular formula is C53H104NO11P. The van der Waals surface area contributed by atoms with Gasteiger partial charge in [0.25, 0.3) is 0 Å². The van der Waals surface area contributed by atoms with Crippen LogP contribution in [0.5, 0.6) is 0 Å². The number of nitrogens with one attached hydrogen (secondary N) is 1. The van der Waals surface area contributed by atoms with E-state index in [4.69, 9.17) is 9.05 Å². The zero-order chi connectivity index (χ0) is 48.5. The van der Waals surface area contributed by atoms with Gasteiger partial charge >= 0.3 is 7.82 Å². The van der Waals surface area contributed by atoms with Crippen LogP contribution in [0.25, 0.3) is 0 Å². The highest BCUT2D eigenvalue weighted by Gasteiger charge is 2.51. The number of hydrogen-bond acceptors (Lipinski definition) is 10. The maximum atomic E-state index is 13.0. The smallest absolute Gasteiger partial charge is 0.387 e. The van der Waals surface area contributed by atoms with Gasteiger partial charge in [-0.3, -0.25) is 13.8 Å². The molecule has 6 unspecified atom stereocenters. The SMILES string of the molecule is CCCCCCCCCC/C=C/[C@@H](O)[C@H](COP(=O)(O)OC1C(O)C(O)C(O)[C@@H](O)C1O)NC(=O)CCCCCCCCCCCCCCCCCCCCCCCCCCCCCCC. The molecule has 8 N–H and O–H groups in total. The minimum absolute atomic E-state index is 0.219. The number of allylic oxidation sites excluding steroid dienone is 1. The van der Waals surface area contributed by atoms with Gasteiger partial charge < -0.3 is 40.8 Å². The average molecular weight is 962 g/mol. The van der Waals surface area contributed by atoms with Crippen molar-refractivity contribution in [3.63, 3.8) is 0 Å². The van der Waals surface area contributed by atoms with E-state index in [-0.39, 0.29) is 12.3 Å². The maximum Gasteiger partial charge on any atom is 0.472 e. The zero-order valence-corrected chi connectivity index (χ0v) is 43.2. The Labute approximate surface area is 403 Å². The van der Waals surface area contributed by atoms with Crippen molar-refractivity contribution in [2.24, 2.45) is 0 Å². The minimum atomic E-state index is -5.07. The summed E-state index contributed by atoms with van der Waals surface area (Å²) in [6.07, 6.45) is 39.0. The summed E-state index contributed by atoms with van der Waals surface area (Å²) in [5.41, 5.74) is 0. The molecule has 12 nitrogen and oxygen atoms in total. The number of phosphoric acid groups is 1. The summed E-state index contributed by atoms with van der Waals surface area (Å²) in [5.74, 6) is -0.337. The number of aliphatic hydroxyl groups excluding tert-OH is 6. The van der Waals surface area contributed by atoms with Crippen molar-refractivity contribution in [3.8, 4) is 0 Å². The van der Waals surface area contributed by atoms with E-state index in [1.165, 1.54) is 199 Å². The van der Waals surface area contributed by atoms with E-state index in [2.05, 4.69) is 19.2 Å². The third-order valence-corrected chi connectivity index (χ3v) is 14.6. The molecule has 1 aliphatic rings. The van der Waals surface area contributed by atoms with E-state index >= 15 is 0 Å². The Morgan fingerprint density at radius 2 is 0.803 bits per heavy atom. The zero-order valence-electron chi connectivity index (χ0n) is 42.3. The molecule has 1 rings (SSSR count). The van der Waals surface area contributed by atoms with Gasteiger partial charge in [-0.05, 0) is 19.3 Å². The first-order valence-electron chi connectivity index (χ1n) is 27.6. The quantitative estimate of drug-likeness (QED) is 0.0164. The molecule has 0 bridgehead atoms. The van der Waals surface area contributed by atoms with Gasteiger partial charge in [-0.1, -0.05) is 251 Å². The summed E-state index contributed by atoms with van der Waals surface area (Å²) in [5, 5.41) is 64.0. The third kappa shape index (κ3) is 33.6. The molecule has 1 aliphatic carbocycles. The van der Waals surface area contributed by atoms with E-state index in [1.54, 1.807) is 0 Å². The van der Waals surface area contributed by atoms with Crippen LogP contribution in [0.2, 0.25) is 0 Å². The number of phosphoric ester groups is 1. The number of carbonyl (C=O) groups is 1. The van der Waals surface area contributed by atoms with Gasteiger partial charge in [-0.2, -0.15) is 0 Å². The van der Waals surface area contributed by atoms with Crippen molar-refractivity contribution in [1.29, 1.82) is 0 Å². The summed E-state index contributed by atoms with van der Waals surface area (Å²) in [7, 11) is -5.07. The van der Waals surface area contributed by atoms with E-state index in [9.17, 15) is 44.9 Å². The molecule has 0 saturated heterocycles. The fourth-order valence-electron chi connectivity index (χ4n) is 9.08. The van der Waals surface area contributed by atoms with Crippen LogP contribution in [0.4, 0.5) is 0 Å². The van der Waals surface area contributed by atoms with Gasteiger partial charge in [0.1, 0.15) is 36.6 Å². The van der Waals surface area contributed by atoms with Gasteiger partial charge in [-0.15, -0.1) is 0 Å². The number of carbonyl (C=O) groups excluding carboxylic acids is 1. The van der Waals surface area contributed by atoms with E-state index in [0.717, 1.165) is 44.9 Å². The second kappa shape index (κ2) is 42.9. The fraction of sp³-hybridized carbons (Fsp3) is 0.943. The molecule has 0 heterocycles. The molecule has 1 saturated carbocycles. The molecule has 13 heteroatoms. The molecule has 392 valence electrons. The van der Waals surface area contributed by atoms with Gasteiger partial charge in [0, 0.05) is 6.42 Å². The Morgan fingerprint density at radius 3 is 1.15 bits per heavy atom. The Hall–Kier alpha value is -0.920. The second-order valence-corrected chi connectivity index (χ2v) is 21.2. The van der Waals surface area contributed by atoms with Gasteiger partial charge in [0.15, 0.2) is 0 Å².